The van der Waals surface area contributed by atoms with Crippen molar-refractivity contribution in [1.82, 2.24) is 0 Å². The summed E-state index contributed by atoms with van der Waals surface area (Å²) >= 11 is 0. The summed E-state index contributed by atoms with van der Waals surface area (Å²) in [6, 6.07) is 21.4. The summed E-state index contributed by atoms with van der Waals surface area (Å²) in [6.07, 6.45) is 3.28. The first-order chi connectivity index (χ1) is 10.8. The van der Waals surface area contributed by atoms with Crippen LogP contribution in [-0.2, 0) is 17.6 Å². The van der Waals surface area contributed by atoms with Crippen molar-refractivity contribution in [3.8, 4) is 11.1 Å². The molecular formula is C21H18O. The maximum Gasteiger partial charge on any atom is 0.137 e. The van der Waals surface area contributed by atoms with Gasteiger partial charge in [-0.15, -0.1) is 0 Å². The second-order valence-corrected chi connectivity index (χ2v) is 6.04. The molecule has 3 aromatic carbocycles. The van der Waals surface area contributed by atoms with Gasteiger partial charge in [-0.3, -0.25) is 4.79 Å². The van der Waals surface area contributed by atoms with Crippen LogP contribution in [0.5, 0.6) is 0 Å². The maximum atomic E-state index is 12.0. The van der Waals surface area contributed by atoms with E-state index in [0.29, 0.717) is 18.6 Å². The van der Waals surface area contributed by atoms with Gasteiger partial charge in [0.15, 0.2) is 0 Å². The van der Waals surface area contributed by atoms with Gasteiger partial charge < -0.3 is 0 Å². The maximum absolute atomic E-state index is 12.0. The van der Waals surface area contributed by atoms with Crippen molar-refractivity contribution in [1.29, 1.82) is 0 Å². The Morgan fingerprint density at radius 2 is 1.50 bits per heavy atom. The zero-order valence-corrected chi connectivity index (χ0v) is 12.5. The largest absolute Gasteiger partial charge is 0.299 e. The fourth-order valence-corrected chi connectivity index (χ4v) is 3.54. The molecule has 1 aliphatic rings. The SMILES string of the molecule is O=C1CCCc2cc(-c3ccccc3)c3ccccc3c2C1. The molecule has 1 aliphatic carbocycles. The zero-order valence-electron chi connectivity index (χ0n) is 12.5. The van der Waals surface area contributed by atoms with Gasteiger partial charge in [0, 0.05) is 12.8 Å². The molecule has 0 spiro atoms. The van der Waals surface area contributed by atoms with Crippen LogP contribution in [0.4, 0.5) is 0 Å². The van der Waals surface area contributed by atoms with E-state index >= 15 is 0 Å². The molecule has 0 amide bonds. The fraction of sp³-hybridized carbons (Fsp3) is 0.190. The Bertz CT molecular complexity index is 846. The lowest BCUT2D eigenvalue weighted by Crippen LogP contribution is -2.01. The highest BCUT2D eigenvalue weighted by Crippen LogP contribution is 2.35. The van der Waals surface area contributed by atoms with E-state index in [4.69, 9.17) is 0 Å². The number of benzene rings is 3. The number of rotatable bonds is 1. The van der Waals surface area contributed by atoms with Gasteiger partial charge >= 0.3 is 0 Å². The Hall–Kier alpha value is -2.41. The van der Waals surface area contributed by atoms with E-state index in [1.165, 1.54) is 33.0 Å². The molecule has 0 aliphatic heterocycles. The second kappa shape index (κ2) is 5.42. The zero-order chi connectivity index (χ0) is 14.9. The monoisotopic (exact) mass is 286 g/mol. The van der Waals surface area contributed by atoms with Crippen molar-refractivity contribution in [3.63, 3.8) is 0 Å². The Labute approximate surface area is 130 Å². The van der Waals surface area contributed by atoms with E-state index in [0.717, 1.165) is 12.8 Å². The second-order valence-electron chi connectivity index (χ2n) is 6.04. The van der Waals surface area contributed by atoms with Crippen LogP contribution < -0.4 is 0 Å². The summed E-state index contributed by atoms with van der Waals surface area (Å²) < 4.78 is 0. The van der Waals surface area contributed by atoms with Crippen LogP contribution in [0.1, 0.15) is 24.0 Å². The number of Topliss-reactive ketones (excluding diaryl/α,β-unsaturated/α-hetero) is 1. The van der Waals surface area contributed by atoms with Gasteiger partial charge in [0.1, 0.15) is 5.78 Å². The van der Waals surface area contributed by atoms with E-state index in [-0.39, 0.29) is 0 Å². The topological polar surface area (TPSA) is 17.1 Å². The van der Waals surface area contributed by atoms with Gasteiger partial charge in [-0.25, -0.2) is 0 Å². The minimum absolute atomic E-state index is 0.372. The Balaban J connectivity index is 2.04. The highest BCUT2D eigenvalue weighted by molar-refractivity contribution is 6.01. The first kappa shape index (κ1) is 13.3. The minimum atomic E-state index is 0.372. The average Bonchev–Trinajstić information content (AvgIpc) is 2.76. The number of ketones is 1. The first-order valence-electron chi connectivity index (χ1n) is 7.93. The average molecular weight is 286 g/mol. The van der Waals surface area contributed by atoms with Crippen molar-refractivity contribution < 1.29 is 4.79 Å². The lowest BCUT2D eigenvalue weighted by molar-refractivity contribution is -0.118. The van der Waals surface area contributed by atoms with Crippen molar-refractivity contribution in [3.05, 3.63) is 71.8 Å². The first-order valence-corrected chi connectivity index (χ1v) is 7.93. The molecule has 22 heavy (non-hydrogen) atoms. The molecule has 1 nitrogen and oxygen atoms in total. The van der Waals surface area contributed by atoms with E-state index in [9.17, 15) is 4.79 Å². The summed E-state index contributed by atoms with van der Waals surface area (Å²) in [5, 5.41) is 2.50. The fourth-order valence-electron chi connectivity index (χ4n) is 3.54. The molecule has 0 radical (unpaired) electrons. The van der Waals surface area contributed by atoms with Gasteiger partial charge in [-0.2, -0.15) is 0 Å². The number of hydrogen-bond acceptors (Lipinski definition) is 1. The smallest absolute Gasteiger partial charge is 0.137 e. The van der Waals surface area contributed by atoms with Crippen LogP contribution in [0.3, 0.4) is 0 Å². The molecule has 1 heteroatoms. The third kappa shape index (κ3) is 2.23. The Morgan fingerprint density at radius 1 is 0.773 bits per heavy atom. The van der Waals surface area contributed by atoms with Crippen molar-refractivity contribution >= 4 is 16.6 Å². The van der Waals surface area contributed by atoms with Gasteiger partial charge in [0.05, 0.1) is 0 Å². The molecule has 0 atom stereocenters. The van der Waals surface area contributed by atoms with E-state index in [1.807, 2.05) is 6.07 Å². The number of hydrogen-bond donors (Lipinski definition) is 0. The van der Waals surface area contributed by atoms with E-state index in [2.05, 4.69) is 54.6 Å². The van der Waals surface area contributed by atoms with E-state index < -0.39 is 0 Å². The van der Waals surface area contributed by atoms with Crippen LogP contribution in [0.15, 0.2) is 60.7 Å². The summed E-state index contributed by atoms with van der Waals surface area (Å²) in [6.45, 7) is 0. The predicted octanol–water partition coefficient (Wildman–Crippen LogP) is 4.95. The molecule has 4 rings (SSSR count). The van der Waals surface area contributed by atoms with Crippen molar-refractivity contribution in [2.45, 2.75) is 25.7 Å². The third-order valence-electron chi connectivity index (χ3n) is 4.61. The number of aryl methyl sites for hydroxylation is 1. The van der Waals surface area contributed by atoms with Crippen LogP contribution >= 0.6 is 0 Å². The summed E-state index contributed by atoms with van der Waals surface area (Å²) in [5.41, 5.74) is 5.13. The molecule has 0 heterocycles. The standard InChI is InChI=1S/C21H18O/c22-17-10-6-9-16-13-20(15-7-2-1-3-8-15)18-11-4-5-12-19(18)21(16)14-17/h1-5,7-8,11-13H,6,9-10,14H2. The molecule has 0 aromatic heterocycles. The summed E-state index contributed by atoms with van der Waals surface area (Å²) in [7, 11) is 0. The predicted molar refractivity (Wildman–Crippen MR) is 91.0 cm³/mol. The van der Waals surface area contributed by atoms with Gasteiger partial charge in [-0.05, 0) is 45.9 Å². The van der Waals surface area contributed by atoms with Gasteiger partial charge in [0.25, 0.3) is 0 Å². The molecule has 0 saturated heterocycles. The Morgan fingerprint density at radius 3 is 2.32 bits per heavy atom. The Kier molecular flexibility index (Phi) is 3.27. The number of carbonyl (C=O) groups excluding carboxylic acids is 1. The number of carbonyl (C=O) groups is 1. The summed E-state index contributed by atoms with van der Waals surface area (Å²) in [4.78, 5) is 12.0. The van der Waals surface area contributed by atoms with Crippen LogP contribution in [0.2, 0.25) is 0 Å². The normalized spacial score (nSPS) is 14.6. The molecular weight excluding hydrogens is 268 g/mol. The summed E-state index contributed by atoms with van der Waals surface area (Å²) in [5.74, 6) is 0.372. The lowest BCUT2D eigenvalue weighted by atomic mass is 9.89. The van der Waals surface area contributed by atoms with Crippen LogP contribution in [0.25, 0.3) is 21.9 Å². The molecule has 3 aromatic rings. The highest BCUT2D eigenvalue weighted by Gasteiger charge is 2.18. The van der Waals surface area contributed by atoms with Crippen LogP contribution in [0, 0.1) is 0 Å². The van der Waals surface area contributed by atoms with Gasteiger partial charge in [-0.1, -0.05) is 60.7 Å². The van der Waals surface area contributed by atoms with Crippen molar-refractivity contribution in [2.24, 2.45) is 0 Å². The number of fused-ring (bicyclic) bond motifs is 3. The molecule has 0 fully saturated rings. The van der Waals surface area contributed by atoms with Crippen molar-refractivity contribution in [2.75, 3.05) is 0 Å². The molecule has 0 bridgehead atoms. The third-order valence-corrected chi connectivity index (χ3v) is 4.61. The molecule has 0 unspecified atom stereocenters. The molecule has 108 valence electrons. The lowest BCUT2D eigenvalue weighted by Gasteiger charge is -2.15. The quantitative estimate of drug-likeness (QED) is 0.578. The van der Waals surface area contributed by atoms with E-state index in [1.54, 1.807) is 0 Å². The van der Waals surface area contributed by atoms with Gasteiger partial charge in [0.2, 0.25) is 0 Å². The van der Waals surface area contributed by atoms with Crippen LogP contribution in [-0.4, -0.2) is 5.78 Å². The highest BCUT2D eigenvalue weighted by atomic mass is 16.1. The minimum Gasteiger partial charge on any atom is -0.299 e. The molecule has 0 N–H and O–H groups in total. The molecule has 0 saturated carbocycles.